The molecule has 1 unspecified atom stereocenters. The third-order valence-corrected chi connectivity index (χ3v) is 3.17. The van der Waals surface area contributed by atoms with Crippen LogP contribution in [0.3, 0.4) is 0 Å². The van der Waals surface area contributed by atoms with Crippen molar-refractivity contribution in [2.75, 3.05) is 13.1 Å². The highest BCUT2D eigenvalue weighted by molar-refractivity contribution is 6.01. The lowest BCUT2D eigenvalue weighted by molar-refractivity contribution is -0.135. The number of rotatable bonds is 2. The largest absolute Gasteiger partial charge is 0.478 e. The SMILES string of the molecule is CC(C(=O)O)=C(C)C(=O)N1CCCC(C)(O)C1. The molecule has 1 atom stereocenters. The van der Waals surface area contributed by atoms with Crippen LogP contribution in [0.4, 0.5) is 0 Å². The molecule has 1 rings (SSSR count). The smallest absolute Gasteiger partial charge is 0.331 e. The number of aliphatic hydroxyl groups is 1. The minimum absolute atomic E-state index is 0.0558. The summed E-state index contributed by atoms with van der Waals surface area (Å²) in [4.78, 5) is 24.3. The number of carbonyl (C=O) groups excluding carboxylic acids is 1. The molecule has 0 bridgehead atoms. The van der Waals surface area contributed by atoms with Crippen LogP contribution in [0.25, 0.3) is 0 Å². The molecule has 1 aliphatic heterocycles. The van der Waals surface area contributed by atoms with Crippen molar-refractivity contribution in [2.24, 2.45) is 0 Å². The number of carbonyl (C=O) groups is 2. The van der Waals surface area contributed by atoms with Crippen molar-refractivity contribution in [3.8, 4) is 0 Å². The van der Waals surface area contributed by atoms with Crippen LogP contribution in [0.2, 0.25) is 0 Å². The summed E-state index contributed by atoms with van der Waals surface area (Å²) in [5, 5.41) is 18.7. The van der Waals surface area contributed by atoms with Crippen molar-refractivity contribution in [3.63, 3.8) is 0 Å². The molecule has 0 aromatic rings. The minimum Gasteiger partial charge on any atom is -0.478 e. The first-order valence-electron chi connectivity index (χ1n) is 5.67. The molecule has 5 heteroatoms. The number of β-amino-alcohol motifs (C(OH)–C–C–N with tert-alkyl or cyclic N) is 1. The number of nitrogens with zero attached hydrogens (tertiary/aromatic N) is 1. The van der Waals surface area contributed by atoms with Gasteiger partial charge in [-0.15, -0.1) is 0 Å². The van der Waals surface area contributed by atoms with Crippen LogP contribution in [-0.2, 0) is 9.59 Å². The van der Waals surface area contributed by atoms with E-state index in [1.54, 1.807) is 6.92 Å². The van der Waals surface area contributed by atoms with Crippen molar-refractivity contribution >= 4 is 11.9 Å². The van der Waals surface area contributed by atoms with Crippen molar-refractivity contribution in [1.82, 2.24) is 4.90 Å². The van der Waals surface area contributed by atoms with Crippen LogP contribution in [0, 0.1) is 0 Å². The lowest BCUT2D eigenvalue weighted by atomic mass is 9.94. The van der Waals surface area contributed by atoms with Gasteiger partial charge in [0.25, 0.3) is 0 Å². The Balaban J connectivity index is 2.84. The number of aliphatic carboxylic acids is 1. The fraction of sp³-hybridized carbons (Fsp3) is 0.667. The van der Waals surface area contributed by atoms with Crippen LogP contribution in [0.5, 0.6) is 0 Å². The Morgan fingerprint density at radius 2 is 1.82 bits per heavy atom. The van der Waals surface area contributed by atoms with Gasteiger partial charge >= 0.3 is 5.97 Å². The quantitative estimate of drug-likeness (QED) is 0.700. The maximum atomic E-state index is 12.0. The first-order chi connectivity index (χ1) is 7.74. The van der Waals surface area contributed by atoms with Crippen molar-refractivity contribution in [3.05, 3.63) is 11.1 Å². The summed E-state index contributed by atoms with van der Waals surface area (Å²) in [7, 11) is 0. The van der Waals surface area contributed by atoms with E-state index in [1.807, 2.05) is 0 Å². The van der Waals surface area contributed by atoms with Crippen LogP contribution in [0.15, 0.2) is 11.1 Å². The van der Waals surface area contributed by atoms with Gasteiger partial charge in [-0.3, -0.25) is 4.79 Å². The van der Waals surface area contributed by atoms with Crippen LogP contribution >= 0.6 is 0 Å². The zero-order chi connectivity index (χ0) is 13.2. The molecule has 1 fully saturated rings. The van der Waals surface area contributed by atoms with E-state index in [0.29, 0.717) is 13.0 Å². The number of amides is 1. The molecule has 0 spiro atoms. The van der Waals surface area contributed by atoms with E-state index in [9.17, 15) is 14.7 Å². The van der Waals surface area contributed by atoms with Gasteiger partial charge in [0.2, 0.25) is 5.91 Å². The standard InChI is InChI=1S/C12H19NO4/c1-8(9(2)11(15)16)10(14)13-6-4-5-12(3,17)7-13/h17H,4-7H2,1-3H3,(H,15,16). The summed E-state index contributed by atoms with van der Waals surface area (Å²) in [5.74, 6) is -1.38. The van der Waals surface area contributed by atoms with Crippen LogP contribution < -0.4 is 0 Å². The van der Waals surface area contributed by atoms with Gasteiger partial charge in [0.05, 0.1) is 5.60 Å². The van der Waals surface area contributed by atoms with E-state index >= 15 is 0 Å². The van der Waals surface area contributed by atoms with Gasteiger partial charge in [-0.25, -0.2) is 4.79 Å². The Kier molecular flexibility index (Phi) is 3.93. The number of hydrogen-bond acceptors (Lipinski definition) is 3. The van der Waals surface area contributed by atoms with E-state index in [2.05, 4.69) is 0 Å². The van der Waals surface area contributed by atoms with Gasteiger partial charge in [0.1, 0.15) is 0 Å². The number of hydrogen-bond donors (Lipinski definition) is 2. The normalized spacial score (nSPS) is 26.5. The fourth-order valence-corrected chi connectivity index (χ4v) is 1.95. The highest BCUT2D eigenvalue weighted by Crippen LogP contribution is 2.22. The summed E-state index contributed by atoms with van der Waals surface area (Å²) < 4.78 is 0. The van der Waals surface area contributed by atoms with Gasteiger partial charge in [0, 0.05) is 24.2 Å². The summed E-state index contributed by atoms with van der Waals surface area (Å²) >= 11 is 0. The van der Waals surface area contributed by atoms with Gasteiger partial charge in [-0.2, -0.15) is 0 Å². The van der Waals surface area contributed by atoms with E-state index in [1.165, 1.54) is 18.7 Å². The molecule has 1 saturated heterocycles. The summed E-state index contributed by atoms with van der Waals surface area (Å²) in [5.41, 5.74) is -0.582. The molecule has 1 amide bonds. The lowest BCUT2D eigenvalue weighted by Gasteiger charge is -2.37. The molecular weight excluding hydrogens is 222 g/mol. The average molecular weight is 241 g/mol. The summed E-state index contributed by atoms with van der Waals surface area (Å²) in [6.45, 7) is 5.44. The van der Waals surface area contributed by atoms with E-state index < -0.39 is 11.6 Å². The van der Waals surface area contributed by atoms with Crippen LogP contribution in [0.1, 0.15) is 33.6 Å². The maximum Gasteiger partial charge on any atom is 0.331 e. The molecule has 0 radical (unpaired) electrons. The second-order valence-electron chi connectivity index (χ2n) is 4.88. The minimum atomic E-state index is -1.08. The van der Waals surface area contributed by atoms with E-state index in [4.69, 9.17) is 5.11 Å². The van der Waals surface area contributed by atoms with Crippen LogP contribution in [-0.4, -0.2) is 45.7 Å². The Hall–Kier alpha value is -1.36. The van der Waals surface area contributed by atoms with E-state index in [-0.39, 0.29) is 23.6 Å². The molecule has 17 heavy (non-hydrogen) atoms. The highest BCUT2D eigenvalue weighted by atomic mass is 16.4. The lowest BCUT2D eigenvalue weighted by Crippen LogP contribution is -2.49. The first-order valence-corrected chi connectivity index (χ1v) is 5.67. The molecule has 5 nitrogen and oxygen atoms in total. The number of likely N-dealkylation sites (tertiary alicyclic amines) is 1. The maximum absolute atomic E-state index is 12.0. The zero-order valence-electron chi connectivity index (χ0n) is 10.5. The molecule has 1 aliphatic rings. The van der Waals surface area contributed by atoms with Gasteiger partial charge < -0.3 is 15.1 Å². The summed E-state index contributed by atoms with van der Waals surface area (Å²) in [6.07, 6.45) is 1.40. The molecule has 0 aliphatic carbocycles. The third-order valence-electron chi connectivity index (χ3n) is 3.17. The van der Waals surface area contributed by atoms with Gasteiger partial charge in [-0.1, -0.05) is 0 Å². The second kappa shape index (κ2) is 4.87. The van der Waals surface area contributed by atoms with Gasteiger partial charge in [-0.05, 0) is 33.6 Å². The highest BCUT2D eigenvalue weighted by Gasteiger charge is 2.31. The molecular formula is C12H19NO4. The monoisotopic (exact) mass is 241 g/mol. The number of carboxylic acid groups (broad SMARTS) is 1. The molecule has 96 valence electrons. The van der Waals surface area contributed by atoms with Gasteiger partial charge in [0.15, 0.2) is 0 Å². The Labute approximate surface area is 101 Å². The van der Waals surface area contributed by atoms with E-state index in [0.717, 1.165) is 6.42 Å². The average Bonchev–Trinajstić information content (AvgIpc) is 2.24. The van der Waals surface area contributed by atoms with Crippen molar-refractivity contribution < 1.29 is 19.8 Å². The summed E-state index contributed by atoms with van der Waals surface area (Å²) in [6, 6.07) is 0. The number of carboxylic acids is 1. The molecule has 2 N–H and O–H groups in total. The Morgan fingerprint density at radius 3 is 2.29 bits per heavy atom. The zero-order valence-corrected chi connectivity index (χ0v) is 10.5. The number of piperidine rings is 1. The van der Waals surface area contributed by atoms with Crippen molar-refractivity contribution in [2.45, 2.75) is 39.2 Å². The molecule has 0 saturated carbocycles. The predicted octanol–water partition coefficient (Wildman–Crippen LogP) is 0.781. The second-order valence-corrected chi connectivity index (χ2v) is 4.88. The molecule has 1 heterocycles. The molecule has 0 aromatic carbocycles. The fourth-order valence-electron chi connectivity index (χ4n) is 1.95. The molecule has 0 aromatic heterocycles. The predicted molar refractivity (Wildman–Crippen MR) is 62.4 cm³/mol. The topological polar surface area (TPSA) is 77.8 Å². The Morgan fingerprint density at radius 1 is 1.24 bits per heavy atom. The Bertz CT molecular complexity index is 371. The first kappa shape index (κ1) is 13.7. The van der Waals surface area contributed by atoms with Crippen molar-refractivity contribution in [1.29, 1.82) is 0 Å². The third kappa shape index (κ3) is 3.30.